The van der Waals surface area contributed by atoms with Gasteiger partial charge in [0.1, 0.15) is 18.5 Å². The number of carbonyl (C=O) groups is 2. The summed E-state index contributed by atoms with van der Waals surface area (Å²) in [6, 6.07) is 15.3. The van der Waals surface area contributed by atoms with Gasteiger partial charge in [0.05, 0.1) is 13.7 Å². The molecular formula is C22H26N2O5S. The average Bonchev–Trinajstić information content (AvgIpc) is 3.27. The SMILES string of the molecule is CCOC(=O)CNC(=O)N1CCSC1c1ccc(OCc2ccccc2)c(OC)c1. The molecule has 1 fully saturated rings. The van der Waals surface area contributed by atoms with E-state index in [1.54, 1.807) is 30.7 Å². The Hall–Kier alpha value is -2.87. The number of thioether (sulfide) groups is 1. The second-order valence-corrected chi connectivity index (χ2v) is 7.75. The number of nitrogens with zero attached hydrogens (tertiary/aromatic N) is 1. The molecule has 0 aromatic heterocycles. The number of hydrogen-bond donors (Lipinski definition) is 1. The molecule has 2 aromatic rings. The van der Waals surface area contributed by atoms with E-state index in [0.29, 0.717) is 24.7 Å². The van der Waals surface area contributed by atoms with Crippen LogP contribution in [0.2, 0.25) is 0 Å². The predicted molar refractivity (Wildman–Crippen MR) is 116 cm³/mol. The molecule has 160 valence electrons. The summed E-state index contributed by atoms with van der Waals surface area (Å²) in [7, 11) is 1.60. The first kappa shape index (κ1) is 21.8. The molecule has 0 radical (unpaired) electrons. The number of benzene rings is 2. The average molecular weight is 431 g/mol. The van der Waals surface area contributed by atoms with E-state index in [1.807, 2.05) is 48.5 Å². The summed E-state index contributed by atoms with van der Waals surface area (Å²) in [5.41, 5.74) is 2.01. The zero-order valence-corrected chi connectivity index (χ0v) is 17.9. The number of methoxy groups -OCH3 is 1. The maximum atomic E-state index is 12.6. The first-order valence-corrected chi connectivity index (χ1v) is 10.8. The number of esters is 1. The molecule has 7 nitrogen and oxygen atoms in total. The normalized spacial score (nSPS) is 15.5. The van der Waals surface area contributed by atoms with Crippen LogP contribution in [0, 0.1) is 0 Å². The molecular weight excluding hydrogens is 404 g/mol. The molecule has 0 aliphatic carbocycles. The van der Waals surface area contributed by atoms with Gasteiger partial charge in [-0.15, -0.1) is 11.8 Å². The van der Waals surface area contributed by atoms with Gasteiger partial charge in [-0.1, -0.05) is 36.4 Å². The zero-order valence-electron chi connectivity index (χ0n) is 17.1. The van der Waals surface area contributed by atoms with Crippen molar-refractivity contribution in [2.75, 3.05) is 32.6 Å². The van der Waals surface area contributed by atoms with Crippen LogP contribution in [0.5, 0.6) is 11.5 Å². The van der Waals surface area contributed by atoms with Crippen LogP contribution in [0.1, 0.15) is 23.4 Å². The highest BCUT2D eigenvalue weighted by molar-refractivity contribution is 7.99. The lowest BCUT2D eigenvalue weighted by Gasteiger charge is -2.25. The lowest BCUT2D eigenvalue weighted by Crippen LogP contribution is -2.41. The third-order valence-electron chi connectivity index (χ3n) is 4.55. The van der Waals surface area contributed by atoms with Gasteiger partial charge in [-0.25, -0.2) is 4.79 Å². The Kier molecular flexibility index (Phi) is 7.84. The van der Waals surface area contributed by atoms with Crippen molar-refractivity contribution in [3.8, 4) is 11.5 Å². The lowest BCUT2D eigenvalue weighted by atomic mass is 10.2. The Balaban J connectivity index is 1.66. The molecule has 1 aliphatic rings. The third kappa shape index (κ3) is 5.60. The molecule has 8 heteroatoms. The van der Waals surface area contributed by atoms with Crippen molar-refractivity contribution < 1.29 is 23.8 Å². The van der Waals surface area contributed by atoms with E-state index in [-0.39, 0.29) is 24.6 Å². The van der Waals surface area contributed by atoms with Gasteiger partial charge >= 0.3 is 12.0 Å². The van der Waals surface area contributed by atoms with Gasteiger partial charge in [0.15, 0.2) is 11.5 Å². The topological polar surface area (TPSA) is 77.1 Å². The molecule has 1 N–H and O–H groups in total. The maximum absolute atomic E-state index is 12.6. The van der Waals surface area contributed by atoms with Crippen molar-refractivity contribution >= 4 is 23.8 Å². The van der Waals surface area contributed by atoms with Crippen molar-refractivity contribution in [3.05, 3.63) is 59.7 Å². The summed E-state index contributed by atoms with van der Waals surface area (Å²) in [4.78, 5) is 25.8. The fourth-order valence-corrected chi connectivity index (χ4v) is 4.35. The van der Waals surface area contributed by atoms with Crippen LogP contribution in [0.3, 0.4) is 0 Å². The molecule has 1 heterocycles. The fourth-order valence-electron chi connectivity index (χ4n) is 3.11. The molecule has 0 spiro atoms. The molecule has 0 saturated carbocycles. The zero-order chi connectivity index (χ0) is 21.3. The molecule has 0 bridgehead atoms. The summed E-state index contributed by atoms with van der Waals surface area (Å²) in [5.74, 6) is 1.62. The van der Waals surface area contributed by atoms with Crippen LogP contribution in [-0.2, 0) is 16.1 Å². The molecule has 1 saturated heterocycles. The molecule has 1 atom stereocenters. The van der Waals surface area contributed by atoms with E-state index in [1.165, 1.54) is 0 Å². The minimum absolute atomic E-state index is 0.143. The first-order valence-electron chi connectivity index (χ1n) is 9.78. The summed E-state index contributed by atoms with van der Waals surface area (Å²) in [6.45, 7) is 2.91. The van der Waals surface area contributed by atoms with Crippen LogP contribution in [0.15, 0.2) is 48.5 Å². The quantitative estimate of drug-likeness (QED) is 0.645. The molecule has 2 amide bonds. The number of ether oxygens (including phenoxy) is 3. The first-order chi connectivity index (χ1) is 14.6. The van der Waals surface area contributed by atoms with Gasteiger partial charge in [-0.05, 0) is 30.2 Å². The number of carbonyl (C=O) groups excluding carboxylic acids is 2. The van der Waals surface area contributed by atoms with Crippen LogP contribution >= 0.6 is 11.8 Å². The van der Waals surface area contributed by atoms with Crippen LogP contribution < -0.4 is 14.8 Å². The molecule has 1 unspecified atom stereocenters. The lowest BCUT2D eigenvalue weighted by molar-refractivity contribution is -0.141. The van der Waals surface area contributed by atoms with Gasteiger partial charge in [0, 0.05) is 12.3 Å². The van der Waals surface area contributed by atoms with Crippen molar-refractivity contribution in [1.82, 2.24) is 10.2 Å². The van der Waals surface area contributed by atoms with E-state index in [4.69, 9.17) is 14.2 Å². The Morgan fingerprint density at radius 2 is 1.97 bits per heavy atom. The third-order valence-corrected chi connectivity index (χ3v) is 5.81. The predicted octanol–water partition coefficient (Wildman–Crippen LogP) is 3.59. The molecule has 30 heavy (non-hydrogen) atoms. The highest BCUT2D eigenvalue weighted by Gasteiger charge is 2.31. The van der Waals surface area contributed by atoms with Crippen molar-refractivity contribution in [3.63, 3.8) is 0 Å². The largest absolute Gasteiger partial charge is 0.493 e. The van der Waals surface area contributed by atoms with Gasteiger partial charge in [0.25, 0.3) is 0 Å². The van der Waals surface area contributed by atoms with Crippen LogP contribution in [-0.4, -0.2) is 49.5 Å². The highest BCUT2D eigenvalue weighted by Crippen LogP contribution is 2.41. The Bertz CT molecular complexity index is 862. The summed E-state index contributed by atoms with van der Waals surface area (Å²) < 4.78 is 16.3. The van der Waals surface area contributed by atoms with Crippen LogP contribution in [0.4, 0.5) is 4.79 Å². The molecule has 1 aliphatic heterocycles. The second-order valence-electron chi connectivity index (χ2n) is 6.56. The van der Waals surface area contributed by atoms with Crippen molar-refractivity contribution in [2.24, 2.45) is 0 Å². The van der Waals surface area contributed by atoms with Gasteiger partial charge in [-0.2, -0.15) is 0 Å². The summed E-state index contributed by atoms with van der Waals surface area (Å²) >= 11 is 1.66. The van der Waals surface area contributed by atoms with Gasteiger partial charge in [-0.3, -0.25) is 4.79 Å². The molecule has 3 rings (SSSR count). The number of urea groups is 1. The summed E-state index contributed by atoms with van der Waals surface area (Å²) in [5, 5.41) is 2.47. The van der Waals surface area contributed by atoms with Crippen LogP contribution in [0.25, 0.3) is 0 Å². The maximum Gasteiger partial charge on any atom is 0.325 e. The Labute approximate surface area is 180 Å². The number of hydrogen-bond acceptors (Lipinski definition) is 6. The Morgan fingerprint density at radius 3 is 2.70 bits per heavy atom. The van der Waals surface area contributed by atoms with E-state index in [2.05, 4.69) is 5.32 Å². The highest BCUT2D eigenvalue weighted by atomic mass is 32.2. The van der Waals surface area contributed by atoms with Crippen molar-refractivity contribution in [1.29, 1.82) is 0 Å². The number of nitrogens with one attached hydrogen (secondary N) is 1. The Morgan fingerprint density at radius 1 is 1.17 bits per heavy atom. The van der Waals surface area contributed by atoms with E-state index in [0.717, 1.165) is 16.9 Å². The minimum Gasteiger partial charge on any atom is -0.493 e. The van der Waals surface area contributed by atoms with E-state index < -0.39 is 5.97 Å². The number of amides is 2. The van der Waals surface area contributed by atoms with Crippen molar-refractivity contribution in [2.45, 2.75) is 18.9 Å². The second kappa shape index (κ2) is 10.8. The van der Waals surface area contributed by atoms with E-state index >= 15 is 0 Å². The summed E-state index contributed by atoms with van der Waals surface area (Å²) in [6.07, 6.45) is 0. The minimum atomic E-state index is -0.448. The fraction of sp³-hybridized carbons (Fsp3) is 0.364. The smallest absolute Gasteiger partial charge is 0.325 e. The van der Waals surface area contributed by atoms with Gasteiger partial charge in [0.2, 0.25) is 0 Å². The molecule has 2 aromatic carbocycles. The standard InChI is InChI=1S/C22H26N2O5S/c1-3-28-20(25)14-23-22(26)24-11-12-30-21(24)17-9-10-18(19(13-17)27-2)29-15-16-7-5-4-6-8-16/h4-10,13,21H,3,11-12,14-15H2,1-2H3,(H,23,26). The van der Waals surface area contributed by atoms with Gasteiger partial charge < -0.3 is 24.4 Å². The van der Waals surface area contributed by atoms with E-state index in [9.17, 15) is 9.59 Å². The monoisotopic (exact) mass is 430 g/mol. The number of rotatable bonds is 8.